The van der Waals surface area contributed by atoms with Crippen LogP contribution >= 0.6 is 0 Å². The Kier molecular flexibility index (Phi) is 3.85. The van der Waals surface area contributed by atoms with E-state index in [2.05, 4.69) is 5.32 Å². The van der Waals surface area contributed by atoms with Crippen molar-refractivity contribution in [3.05, 3.63) is 53.6 Å². The third-order valence-electron chi connectivity index (χ3n) is 2.71. The lowest BCUT2D eigenvalue weighted by atomic mass is 10.2. The molecule has 0 atom stereocenters. The molecule has 100 valence electrons. The molecule has 0 unspecified atom stereocenters. The van der Waals surface area contributed by atoms with Gasteiger partial charge in [0, 0.05) is 17.8 Å². The molecule has 0 fully saturated rings. The van der Waals surface area contributed by atoms with Crippen LogP contribution < -0.4 is 15.8 Å². The van der Waals surface area contributed by atoms with Crippen molar-refractivity contribution in [1.82, 2.24) is 0 Å². The highest BCUT2D eigenvalue weighted by Gasteiger charge is 2.10. The number of rotatable bonds is 4. The summed E-state index contributed by atoms with van der Waals surface area (Å²) in [6.45, 7) is 0.252. The van der Waals surface area contributed by atoms with E-state index in [-0.39, 0.29) is 17.9 Å². The quantitative estimate of drug-likeness (QED) is 0.834. The third-order valence-corrected chi connectivity index (χ3v) is 2.71. The van der Waals surface area contributed by atoms with Crippen molar-refractivity contribution >= 4 is 11.4 Å². The van der Waals surface area contributed by atoms with Crippen LogP contribution in [0.15, 0.2) is 36.4 Å². The molecule has 0 saturated heterocycles. The first-order chi connectivity index (χ1) is 9.11. The van der Waals surface area contributed by atoms with Gasteiger partial charge in [-0.1, -0.05) is 18.2 Å². The number of anilines is 2. The molecule has 0 spiro atoms. The van der Waals surface area contributed by atoms with E-state index >= 15 is 0 Å². The van der Waals surface area contributed by atoms with Crippen molar-refractivity contribution in [2.24, 2.45) is 0 Å². The molecule has 0 aliphatic rings. The van der Waals surface area contributed by atoms with Crippen LogP contribution in [0.2, 0.25) is 0 Å². The highest BCUT2D eigenvalue weighted by molar-refractivity contribution is 5.54. The second-order valence-corrected chi connectivity index (χ2v) is 4.02. The molecule has 0 radical (unpaired) electrons. The van der Waals surface area contributed by atoms with Crippen molar-refractivity contribution in [1.29, 1.82) is 0 Å². The number of para-hydroxylation sites is 1. The van der Waals surface area contributed by atoms with Crippen LogP contribution in [-0.4, -0.2) is 7.11 Å². The lowest BCUT2D eigenvalue weighted by Crippen LogP contribution is -2.06. The predicted molar refractivity (Wildman–Crippen MR) is 71.1 cm³/mol. The Morgan fingerprint density at radius 3 is 2.42 bits per heavy atom. The maximum atomic E-state index is 13.6. The number of halogens is 2. The first-order valence-electron chi connectivity index (χ1n) is 5.72. The summed E-state index contributed by atoms with van der Waals surface area (Å²) < 4.78 is 32.3. The molecule has 0 aliphatic carbocycles. The molecule has 5 heteroatoms. The average Bonchev–Trinajstić information content (AvgIpc) is 2.38. The van der Waals surface area contributed by atoms with Gasteiger partial charge in [-0.05, 0) is 18.2 Å². The zero-order valence-electron chi connectivity index (χ0n) is 10.4. The van der Waals surface area contributed by atoms with Crippen molar-refractivity contribution in [2.75, 3.05) is 18.2 Å². The minimum Gasteiger partial charge on any atom is -0.496 e. The van der Waals surface area contributed by atoms with Gasteiger partial charge in [-0.25, -0.2) is 8.78 Å². The molecule has 0 amide bonds. The molecule has 2 rings (SSSR count). The van der Waals surface area contributed by atoms with Crippen LogP contribution in [0.4, 0.5) is 20.2 Å². The number of hydrogen-bond acceptors (Lipinski definition) is 3. The van der Waals surface area contributed by atoms with E-state index in [0.29, 0.717) is 5.75 Å². The van der Waals surface area contributed by atoms with Gasteiger partial charge in [0.05, 0.1) is 7.11 Å². The normalized spacial score (nSPS) is 10.3. The van der Waals surface area contributed by atoms with Crippen molar-refractivity contribution in [2.45, 2.75) is 6.54 Å². The van der Waals surface area contributed by atoms with Gasteiger partial charge < -0.3 is 15.8 Å². The highest BCUT2D eigenvalue weighted by atomic mass is 19.1. The third kappa shape index (κ3) is 2.93. The SMILES string of the molecule is COc1ccccc1CNc1c(F)cc(N)cc1F. The Bertz CT molecular complexity index is 564. The van der Waals surface area contributed by atoms with E-state index in [4.69, 9.17) is 10.5 Å². The smallest absolute Gasteiger partial charge is 0.151 e. The second-order valence-electron chi connectivity index (χ2n) is 4.02. The maximum Gasteiger partial charge on any atom is 0.151 e. The Hall–Kier alpha value is -2.30. The number of methoxy groups -OCH3 is 1. The van der Waals surface area contributed by atoms with Gasteiger partial charge in [0.2, 0.25) is 0 Å². The highest BCUT2D eigenvalue weighted by Crippen LogP contribution is 2.24. The molecule has 2 aromatic rings. The zero-order chi connectivity index (χ0) is 13.8. The molecule has 0 bridgehead atoms. The van der Waals surface area contributed by atoms with Crippen LogP contribution in [-0.2, 0) is 6.54 Å². The average molecular weight is 264 g/mol. The van der Waals surface area contributed by atoms with Crippen molar-refractivity contribution < 1.29 is 13.5 Å². The molecule has 2 aromatic carbocycles. The number of nitrogen functional groups attached to an aromatic ring is 1. The summed E-state index contributed by atoms with van der Waals surface area (Å²) in [7, 11) is 1.54. The summed E-state index contributed by atoms with van der Waals surface area (Å²) in [6, 6.07) is 9.41. The Morgan fingerprint density at radius 1 is 1.16 bits per heavy atom. The zero-order valence-corrected chi connectivity index (χ0v) is 10.4. The summed E-state index contributed by atoms with van der Waals surface area (Å²) in [5.41, 5.74) is 6.02. The maximum absolute atomic E-state index is 13.6. The number of nitrogens with two attached hydrogens (primary N) is 1. The Labute approximate surface area is 110 Å². The number of benzene rings is 2. The van der Waals surface area contributed by atoms with Crippen LogP contribution in [0.25, 0.3) is 0 Å². The molecular weight excluding hydrogens is 250 g/mol. The van der Waals surface area contributed by atoms with Crippen molar-refractivity contribution in [3.63, 3.8) is 0 Å². The summed E-state index contributed by atoms with van der Waals surface area (Å²) in [4.78, 5) is 0. The molecule has 0 aliphatic heterocycles. The van der Waals surface area contributed by atoms with E-state index < -0.39 is 11.6 Å². The van der Waals surface area contributed by atoms with Gasteiger partial charge in [-0.2, -0.15) is 0 Å². The van der Waals surface area contributed by atoms with Gasteiger partial charge in [0.15, 0.2) is 11.6 Å². The van der Waals surface area contributed by atoms with E-state index in [0.717, 1.165) is 17.7 Å². The molecular formula is C14H14F2N2O. The first-order valence-corrected chi connectivity index (χ1v) is 5.72. The lowest BCUT2D eigenvalue weighted by molar-refractivity contribution is 0.410. The van der Waals surface area contributed by atoms with Gasteiger partial charge in [-0.3, -0.25) is 0 Å². The predicted octanol–water partition coefficient (Wildman–Crippen LogP) is 3.17. The van der Waals surface area contributed by atoms with Crippen LogP contribution in [0.1, 0.15) is 5.56 Å². The minimum atomic E-state index is -0.715. The number of hydrogen-bond donors (Lipinski definition) is 2. The van der Waals surface area contributed by atoms with Gasteiger partial charge in [0.1, 0.15) is 11.4 Å². The minimum absolute atomic E-state index is 0.0536. The largest absolute Gasteiger partial charge is 0.496 e. The fourth-order valence-corrected chi connectivity index (χ4v) is 1.79. The van der Waals surface area contributed by atoms with Crippen molar-refractivity contribution in [3.8, 4) is 5.75 Å². The van der Waals surface area contributed by atoms with Gasteiger partial charge in [0.25, 0.3) is 0 Å². The van der Waals surface area contributed by atoms with E-state index in [9.17, 15) is 8.78 Å². The Balaban J connectivity index is 2.19. The monoisotopic (exact) mass is 264 g/mol. The fraction of sp³-hybridized carbons (Fsp3) is 0.143. The lowest BCUT2D eigenvalue weighted by Gasteiger charge is -2.12. The molecule has 0 heterocycles. The van der Waals surface area contributed by atoms with E-state index in [1.807, 2.05) is 18.2 Å². The van der Waals surface area contributed by atoms with E-state index in [1.54, 1.807) is 13.2 Å². The molecule has 0 aromatic heterocycles. The molecule has 3 N–H and O–H groups in total. The van der Waals surface area contributed by atoms with Gasteiger partial charge in [-0.15, -0.1) is 0 Å². The standard InChI is InChI=1S/C14H14F2N2O/c1-19-13-5-3-2-4-9(13)8-18-14-11(15)6-10(17)7-12(14)16/h2-7,18H,8,17H2,1H3. The summed E-state index contributed by atoms with van der Waals surface area (Å²) >= 11 is 0. The fourth-order valence-electron chi connectivity index (χ4n) is 1.79. The topological polar surface area (TPSA) is 47.3 Å². The Morgan fingerprint density at radius 2 is 1.79 bits per heavy atom. The summed E-state index contributed by atoms with van der Waals surface area (Å²) in [6.07, 6.45) is 0. The number of nitrogens with one attached hydrogen (secondary N) is 1. The van der Waals surface area contributed by atoms with E-state index in [1.165, 1.54) is 0 Å². The molecule has 19 heavy (non-hydrogen) atoms. The van der Waals surface area contributed by atoms with Crippen LogP contribution in [0.3, 0.4) is 0 Å². The van der Waals surface area contributed by atoms with Gasteiger partial charge >= 0.3 is 0 Å². The molecule has 3 nitrogen and oxygen atoms in total. The number of ether oxygens (including phenoxy) is 1. The molecule has 0 saturated carbocycles. The second kappa shape index (κ2) is 5.56. The van der Waals surface area contributed by atoms with Crippen LogP contribution in [0.5, 0.6) is 5.75 Å². The summed E-state index contributed by atoms with van der Waals surface area (Å²) in [5.74, 6) is -0.772. The van der Waals surface area contributed by atoms with Crippen LogP contribution in [0, 0.1) is 11.6 Å². The summed E-state index contributed by atoms with van der Waals surface area (Å²) in [5, 5.41) is 2.71. The first kappa shape index (κ1) is 13.1.